The van der Waals surface area contributed by atoms with E-state index in [9.17, 15) is 4.79 Å². The fraction of sp³-hybridized carbons (Fsp3) is 0.435. The minimum absolute atomic E-state index is 0.000497. The van der Waals surface area contributed by atoms with Crippen molar-refractivity contribution in [2.45, 2.75) is 25.8 Å². The highest BCUT2D eigenvalue weighted by Crippen LogP contribution is 2.28. The Bertz CT molecular complexity index is 793. The van der Waals surface area contributed by atoms with Gasteiger partial charge in [-0.1, -0.05) is 49.2 Å². The highest BCUT2D eigenvalue weighted by atomic mass is 35.5. The molecule has 1 N–H and O–H groups in total. The average molecular weight is 417 g/mol. The summed E-state index contributed by atoms with van der Waals surface area (Å²) in [4.78, 5) is 15.1. The fourth-order valence-electron chi connectivity index (χ4n) is 3.42. The minimum Gasteiger partial charge on any atom is -0.494 e. The van der Waals surface area contributed by atoms with E-state index >= 15 is 0 Å². The summed E-state index contributed by atoms with van der Waals surface area (Å²) in [6.45, 7) is 6.25. The number of ether oxygens (including phenoxy) is 2. The molecule has 0 radical (unpaired) electrons. The van der Waals surface area contributed by atoms with Crippen LogP contribution in [0.4, 0.5) is 0 Å². The molecule has 1 aliphatic rings. The van der Waals surface area contributed by atoms with Gasteiger partial charge in [0.2, 0.25) is 0 Å². The molecule has 29 heavy (non-hydrogen) atoms. The van der Waals surface area contributed by atoms with E-state index in [0.29, 0.717) is 37.0 Å². The summed E-state index contributed by atoms with van der Waals surface area (Å²) in [5.74, 6) is 0.609. The van der Waals surface area contributed by atoms with E-state index < -0.39 is 0 Å². The van der Waals surface area contributed by atoms with Gasteiger partial charge in [0.1, 0.15) is 5.75 Å². The van der Waals surface area contributed by atoms with Gasteiger partial charge in [-0.2, -0.15) is 0 Å². The molecule has 1 fully saturated rings. The second kappa shape index (κ2) is 11.2. The topological polar surface area (TPSA) is 50.8 Å². The second-order valence-electron chi connectivity index (χ2n) is 7.13. The van der Waals surface area contributed by atoms with Crippen LogP contribution >= 0.6 is 11.6 Å². The summed E-state index contributed by atoms with van der Waals surface area (Å²) in [5, 5.41) is 3.79. The van der Waals surface area contributed by atoms with Crippen molar-refractivity contribution in [3.05, 3.63) is 64.7 Å². The van der Waals surface area contributed by atoms with E-state index in [1.54, 1.807) is 12.1 Å². The number of unbranched alkanes of at least 4 members (excludes halogenated alkanes) is 1. The van der Waals surface area contributed by atoms with Crippen molar-refractivity contribution < 1.29 is 14.3 Å². The molecular formula is C23H29ClN2O3. The maximum atomic E-state index is 12.8. The lowest BCUT2D eigenvalue weighted by Gasteiger charge is -2.35. The number of hydrogen-bond donors (Lipinski definition) is 1. The van der Waals surface area contributed by atoms with E-state index in [0.717, 1.165) is 37.2 Å². The fourth-order valence-corrected chi connectivity index (χ4v) is 3.68. The Morgan fingerprint density at radius 3 is 2.76 bits per heavy atom. The molecule has 156 valence electrons. The van der Waals surface area contributed by atoms with Gasteiger partial charge in [-0.15, -0.1) is 0 Å². The van der Waals surface area contributed by atoms with Crippen molar-refractivity contribution in [1.82, 2.24) is 10.2 Å². The number of nitrogens with zero attached hydrogens (tertiary/aromatic N) is 1. The van der Waals surface area contributed by atoms with Crippen LogP contribution in [0.1, 0.15) is 41.7 Å². The molecule has 1 atom stereocenters. The third-order valence-electron chi connectivity index (χ3n) is 5.07. The third kappa shape index (κ3) is 6.20. The Balaban J connectivity index is 1.68. The van der Waals surface area contributed by atoms with Crippen molar-refractivity contribution >= 4 is 17.5 Å². The molecule has 5 nitrogen and oxygen atoms in total. The lowest BCUT2D eigenvalue weighted by molar-refractivity contribution is 0.0162. The van der Waals surface area contributed by atoms with Crippen LogP contribution < -0.4 is 10.1 Å². The molecule has 1 heterocycles. The monoisotopic (exact) mass is 416 g/mol. The maximum absolute atomic E-state index is 12.8. The molecule has 0 aromatic heterocycles. The van der Waals surface area contributed by atoms with Crippen molar-refractivity contribution in [2.24, 2.45) is 0 Å². The van der Waals surface area contributed by atoms with Crippen LogP contribution in [0.5, 0.6) is 5.75 Å². The van der Waals surface area contributed by atoms with Gasteiger partial charge in [-0.3, -0.25) is 9.69 Å². The largest absolute Gasteiger partial charge is 0.494 e. The second-order valence-corrected chi connectivity index (χ2v) is 7.53. The van der Waals surface area contributed by atoms with E-state index in [4.69, 9.17) is 21.1 Å². The molecule has 0 unspecified atom stereocenters. The lowest BCUT2D eigenvalue weighted by atomic mass is 10.0. The van der Waals surface area contributed by atoms with Gasteiger partial charge in [-0.05, 0) is 36.2 Å². The number of carbonyl (C=O) groups is 1. The summed E-state index contributed by atoms with van der Waals surface area (Å²) in [6.07, 6.45) is 2.07. The molecule has 0 spiro atoms. The SMILES string of the molecule is CCCCOc1cccc(C(=O)NC[C@H](c2ccccc2Cl)N2CCOCC2)c1. The van der Waals surface area contributed by atoms with Crippen LogP contribution in [-0.2, 0) is 4.74 Å². The number of morpholine rings is 1. The van der Waals surface area contributed by atoms with Crippen LogP contribution in [0, 0.1) is 0 Å². The molecule has 0 saturated carbocycles. The molecule has 0 bridgehead atoms. The van der Waals surface area contributed by atoms with E-state index in [1.807, 2.05) is 36.4 Å². The number of hydrogen-bond acceptors (Lipinski definition) is 4. The number of rotatable bonds is 9. The molecule has 2 aromatic rings. The summed E-state index contributed by atoms with van der Waals surface area (Å²) < 4.78 is 11.2. The van der Waals surface area contributed by atoms with Crippen LogP contribution in [-0.4, -0.2) is 50.3 Å². The van der Waals surface area contributed by atoms with Crippen LogP contribution in [0.3, 0.4) is 0 Å². The van der Waals surface area contributed by atoms with E-state index in [1.165, 1.54) is 0 Å². The first-order valence-electron chi connectivity index (χ1n) is 10.3. The Morgan fingerprint density at radius 1 is 1.21 bits per heavy atom. The predicted molar refractivity (Wildman–Crippen MR) is 116 cm³/mol. The zero-order chi connectivity index (χ0) is 20.5. The first-order chi connectivity index (χ1) is 14.2. The first-order valence-corrected chi connectivity index (χ1v) is 10.6. The Hall–Kier alpha value is -2.08. The normalized spacial score (nSPS) is 15.7. The predicted octanol–water partition coefficient (Wildman–Crippen LogP) is 4.32. The average Bonchev–Trinajstić information content (AvgIpc) is 2.76. The molecular weight excluding hydrogens is 388 g/mol. The van der Waals surface area contributed by atoms with E-state index in [-0.39, 0.29) is 11.9 Å². The molecule has 6 heteroatoms. The van der Waals surface area contributed by atoms with Crippen LogP contribution in [0.2, 0.25) is 5.02 Å². The molecule has 3 rings (SSSR count). The maximum Gasteiger partial charge on any atom is 0.251 e. The highest BCUT2D eigenvalue weighted by Gasteiger charge is 2.25. The van der Waals surface area contributed by atoms with Gasteiger partial charge < -0.3 is 14.8 Å². The Morgan fingerprint density at radius 2 is 2.00 bits per heavy atom. The number of amides is 1. The van der Waals surface area contributed by atoms with Gasteiger partial charge in [0.25, 0.3) is 5.91 Å². The number of benzene rings is 2. The van der Waals surface area contributed by atoms with Gasteiger partial charge in [0, 0.05) is 30.2 Å². The smallest absolute Gasteiger partial charge is 0.251 e. The van der Waals surface area contributed by atoms with Crippen molar-refractivity contribution in [3.63, 3.8) is 0 Å². The zero-order valence-electron chi connectivity index (χ0n) is 16.9. The van der Waals surface area contributed by atoms with Crippen molar-refractivity contribution in [2.75, 3.05) is 39.5 Å². The van der Waals surface area contributed by atoms with Crippen molar-refractivity contribution in [1.29, 1.82) is 0 Å². The Labute approximate surface area is 177 Å². The number of nitrogens with one attached hydrogen (secondary N) is 1. The number of halogens is 1. The molecule has 1 aliphatic heterocycles. The third-order valence-corrected chi connectivity index (χ3v) is 5.41. The summed E-state index contributed by atoms with van der Waals surface area (Å²) >= 11 is 6.46. The van der Waals surface area contributed by atoms with Gasteiger partial charge >= 0.3 is 0 Å². The Kier molecular flexibility index (Phi) is 8.35. The lowest BCUT2D eigenvalue weighted by Crippen LogP contribution is -2.44. The molecule has 1 amide bonds. The van der Waals surface area contributed by atoms with E-state index in [2.05, 4.69) is 17.1 Å². The van der Waals surface area contributed by atoms with Crippen LogP contribution in [0.15, 0.2) is 48.5 Å². The van der Waals surface area contributed by atoms with Crippen LogP contribution in [0.25, 0.3) is 0 Å². The molecule has 1 saturated heterocycles. The van der Waals surface area contributed by atoms with Gasteiger partial charge in [0.05, 0.1) is 25.9 Å². The summed E-state index contributed by atoms with van der Waals surface area (Å²) in [5.41, 5.74) is 1.62. The molecule has 0 aliphatic carbocycles. The zero-order valence-corrected chi connectivity index (χ0v) is 17.7. The summed E-state index contributed by atoms with van der Waals surface area (Å²) in [6, 6.07) is 15.2. The first kappa shape index (κ1) is 21.6. The quantitative estimate of drug-likeness (QED) is 0.618. The molecule has 2 aromatic carbocycles. The minimum atomic E-state index is -0.115. The van der Waals surface area contributed by atoms with Gasteiger partial charge in [-0.25, -0.2) is 0 Å². The summed E-state index contributed by atoms with van der Waals surface area (Å²) in [7, 11) is 0. The van der Waals surface area contributed by atoms with Gasteiger partial charge in [0.15, 0.2) is 0 Å². The van der Waals surface area contributed by atoms with Crippen molar-refractivity contribution in [3.8, 4) is 5.75 Å². The highest BCUT2D eigenvalue weighted by molar-refractivity contribution is 6.31. The number of carbonyl (C=O) groups excluding carboxylic acids is 1. The standard InChI is InChI=1S/C23H29ClN2O3/c1-2-3-13-29-19-8-6-7-18(16-19)23(27)25-17-22(26-11-14-28-15-12-26)20-9-4-5-10-21(20)24/h4-10,16,22H,2-3,11-15,17H2,1H3,(H,25,27)/t22-/m1/s1.